The maximum absolute atomic E-state index is 9.50. The van der Waals surface area contributed by atoms with Gasteiger partial charge in [0.05, 0.1) is 18.1 Å². The van der Waals surface area contributed by atoms with Crippen LogP contribution in [0.15, 0.2) is 36.8 Å². The van der Waals surface area contributed by atoms with Crippen molar-refractivity contribution in [1.82, 2.24) is 14.9 Å². The van der Waals surface area contributed by atoms with E-state index >= 15 is 0 Å². The fourth-order valence-electron chi connectivity index (χ4n) is 2.15. The maximum Gasteiger partial charge on any atom is 0.115 e. The van der Waals surface area contributed by atoms with Crippen molar-refractivity contribution in [2.24, 2.45) is 7.05 Å². The number of hydrogen-bond acceptors (Lipinski definition) is 3. The molecule has 0 amide bonds. The Bertz CT molecular complexity index is 507. The Morgan fingerprint density at radius 3 is 2.89 bits per heavy atom. The van der Waals surface area contributed by atoms with Crippen molar-refractivity contribution in [2.45, 2.75) is 19.4 Å². The molecule has 1 heterocycles. The monoisotopic (exact) mass is 245 g/mol. The molecule has 4 heteroatoms. The molecule has 0 spiro atoms. The Hall–Kier alpha value is -1.81. The summed E-state index contributed by atoms with van der Waals surface area (Å²) in [5, 5.41) is 13.0. The Morgan fingerprint density at radius 2 is 2.28 bits per heavy atom. The van der Waals surface area contributed by atoms with Crippen molar-refractivity contribution in [3.63, 3.8) is 0 Å². The van der Waals surface area contributed by atoms with E-state index in [4.69, 9.17) is 0 Å². The van der Waals surface area contributed by atoms with E-state index in [1.807, 2.05) is 36.3 Å². The van der Waals surface area contributed by atoms with Crippen molar-refractivity contribution < 1.29 is 5.11 Å². The molecule has 0 aliphatic heterocycles. The number of likely N-dealkylation sites (N-methyl/N-ethyl adjacent to an activating group) is 1. The molecule has 2 N–H and O–H groups in total. The van der Waals surface area contributed by atoms with Crippen molar-refractivity contribution in [3.8, 4) is 5.75 Å². The molecule has 2 rings (SSSR count). The zero-order valence-corrected chi connectivity index (χ0v) is 10.8. The van der Waals surface area contributed by atoms with E-state index in [-0.39, 0.29) is 6.04 Å². The Balaban J connectivity index is 2.19. The van der Waals surface area contributed by atoms with Crippen molar-refractivity contribution in [2.75, 3.05) is 6.54 Å². The molecule has 0 fully saturated rings. The lowest BCUT2D eigenvalue weighted by atomic mass is 10.0. The molecule has 0 radical (unpaired) electrons. The average molecular weight is 245 g/mol. The summed E-state index contributed by atoms with van der Waals surface area (Å²) in [6.07, 6.45) is 4.53. The quantitative estimate of drug-likeness (QED) is 0.847. The summed E-state index contributed by atoms with van der Waals surface area (Å²) < 4.78 is 2.02. The lowest BCUT2D eigenvalue weighted by Gasteiger charge is -2.18. The normalized spacial score (nSPS) is 12.6. The van der Waals surface area contributed by atoms with Crippen LogP contribution in [-0.2, 0) is 13.5 Å². The molecule has 0 saturated heterocycles. The van der Waals surface area contributed by atoms with Crippen LogP contribution in [0.25, 0.3) is 0 Å². The van der Waals surface area contributed by atoms with Gasteiger partial charge in [0.15, 0.2) is 0 Å². The third-order valence-electron chi connectivity index (χ3n) is 3.01. The molecule has 1 unspecified atom stereocenters. The van der Waals surface area contributed by atoms with Gasteiger partial charge in [-0.25, -0.2) is 4.98 Å². The summed E-state index contributed by atoms with van der Waals surface area (Å²) in [7, 11) is 2.00. The second kappa shape index (κ2) is 5.69. The number of aromatic hydroxyl groups is 1. The Labute approximate surface area is 107 Å². The summed E-state index contributed by atoms with van der Waals surface area (Å²) in [5.41, 5.74) is 2.27. The first-order valence-electron chi connectivity index (χ1n) is 6.18. The van der Waals surface area contributed by atoms with E-state index in [2.05, 4.69) is 17.2 Å². The van der Waals surface area contributed by atoms with E-state index < -0.39 is 0 Å². The van der Waals surface area contributed by atoms with Gasteiger partial charge in [-0.05, 0) is 30.7 Å². The predicted octanol–water partition coefficient (Wildman–Crippen LogP) is 2.02. The number of imidazole rings is 1. The number of benzene rings is 1. The third-order valence-corrected chi connectivity index (χ3v) is 3.01. The molecule has 0 aliphatic carbocycles. The van der Waals surface area contributed by atoms with E-state index in [0.717, 1.165) is 24.2 Å². The van der Waals surface area contributed by atoms with Crippen LogP contribution < -0.4 is 5.32 Å². The summed E-state index contributed by atoms with van der Waals surface area (Å²) in [4.78, 5) is 4.16. The number of phenolic OH excluding ortho intramolecular Hbond substituents is 1. The van der Waals surface area contributed by atoms with Crippen molar-refractivity contribution in [3.05, 3.63) is 48.0 Å². The first-order valence-corrected chi connectivity index (χ1v) is 6.18. The molecule has 0 saturated carbocycles. The number of aryl methyl sites for hydroxylation is 1. The first-order chi connectivity index (χ1) is 8.70. The van der Waals surface area contributed by atoms with Gasteiger partial charge in [0.25, 0.3) is 0 Å². The molecule has 1 aromatic carbocycles. The highest BCUT2D eigenvalue weighted by Gasteiger charge is 2.14. The van der Waals surface area contributed by atoms with Gasteiger partial charge in [-0.2, -0.15) is 0 Å². The van der Waals surface area contributed by atoms with Crippen molar-refractivity contribution >= 4 is 0 Å². The lowest BCUT2D eigenvalue weighted by Crippen LogP contribution is -2.24. The minimum atomic E-state index is 0.212. The second-order valence-corrected chi connectivity index (χ2v) is 4.41. The van der Waals surface area contributed by atoms with Gasteiger partial charge in [0.2, 0.25) is 0 Å². The molecule has 4 nitrogen and oxygen atoms in total. The lowest BCUT2D eigenvalue weighted by molar-refractivity contribution is 0.472. The Morgan fingerprint density at radius 1 is 1.44 bits per heavy atom. The molecule has 96 valence electrons. The molecule has 0 aliphatic rings. The van der Waals surface area contributed by atoms with Crippen LogP contribution in [0.4, 0.5) is 0 Å². The largest absolute Gasteiger partial charge is 0.508 e. The number of hydrogen-bond donors (Lipinski definition) is 2. The predicted molar refractivity (Wildman–Crippen MR) is 71.4 cm³/mol. The zero-order chi connectivity index (χ0) is 13.0. The molecule has 1 aromatic heterocycles. The molecular weight excluding hydrogens is 226 g/mol. The number of phenols is 1. The average Bonchev–Trinajstić information content (AvgIpc) is 2.75. The van der Waals surface area contributed by atoms with Gasteiger partial charge in [-0.15, -0.1) is 0 Å². The third kappa shape index (κ3) is 2.90. The standard InChI is InChI=1S/C14H19N3O/c1-3-16-13(14-9-15-10-17(14)2)8-11-5-4-6-12(18)7-11/h4-7,9-10,13,16,18H,3,8H2,1-2H3. The Kier molecular flexibility index (Phi) is 3.99. The maximum atomic E-state index is 9.50. The van der Waals surface area contributed by atoms with Crippen LogP contribution in [0.1, 0.15) is 24.2 Å². The first kappa shape index (κ1) is 12.6. The van der Waals surface area contributed by atoms with Gasteiger partial charge in [0.1, 0.15) is 5.75 Å². The highest BCUT2D eigenvalue weighted by molar-refractivity contribution is 5.28. The molecule has 2 aromatic rings. The van der Waals surface area contributed by atoms with Crippen LogP contribution in [0, 0.1) is 0 Å². The van der Waals surface area contributed by atoms with Crippen molar-refractivity contribution in [1.29, 1.82) is 0 Å². The summed E-state index contributed by atoms with van der Waals surface area (Å²) in [6, 6.07) is 7.61. The number of nitrogens with zero attached hydrogens (tertiary/aromatic N) is 2. The van der Waals surface area contributed by atoms with Gasteiger partial charge < -0.3 is 15.0 Å². The van der Waals surface area contributed by atoms with E-state index in [9.17, 15) is 5.11 Å². The SMILES string of the molecule is CCNC(Cc1cccc(O)c1)c1cncn1C. The topological polar surface area (TPSA) is 50.1 Å². The second-order valence-electron chi connectivity index (χ2n) is 4.41. The van der Waals surface area contributed by atoms with Crippen LogP contribution in [0.3, 0.4) is 0 Å². The fraction of sp³-hybridized carbons (Fsp3) is 0.357. The highest BCUT2D eigenvalue weighted by Crippen LogP contribution is 2.20. The molecule has 1 atom stereocenters. The van der Waals surface area contributed by atoms with E-state index in [1.165, 1.54) is 0 Å². The molecular formula is C14H19N3O. The van der Waals surface area contributed by atoms with Gasteiger partial charge in [-0.1, -0.05) is 19.1 Å². The highest BCUT2D eigenvalue weighted by atomic mass is 16.3. The van der Waals surface area contributed by atoms with Gasteiger partial charge >= 0.3 is 0 Å². The number of nitrogens with one attached hydrogen (secondary N) is 1. The number of aromatic nitrogens is 2. The minimum absolute atomic E-state index is 0.212. The van der Waals surface area contributed by atoms with E-state index in [1.54, 1.807) is 12.1 Å². The number of rotatable bonds is 5. The van der Waals surface area contributed by atoms with Crippen LogP contribution in [0.5, 0.6) is 5.75 Å². The summed E-state index contributed by atoms with van der Waals surface area (Å²) >= 11 is 0. The van der Waals surface area contributed by atoms with Crippen LogP contribution >= 0.6 is 0 Å². The van der Waals surface area contributed by atoms with E-state index in [0.29, 0.717) is 5.75 Å². The smallest absolute Gasteiger partial charge is 0.115 e. The van der Waals surface area contributed by atoms with Gasteiger partial charge in [-0.3, -0.25) is 0 Å². The summed E-state index contributed by atoms with van der Waals surface area (Å²) in [6.45, 7) is 2.99. The van der Waals surface area contributed by atoms with Crippen LogP contribution in [-0.4, -0.2) is 21.2 Å². The minimum Gasteiger partial charge on any atom is -0.508 e. The molecule has 0 bridgehead atoms. The molecule has 18 heavy (non-hydrogen) atoms. The fourth-order valence-corrected chi connectivity index (χ4v) is 2.15. The zero-order valence-electron chi connectivity index (χ0n) is 10.8. The summed E-state index contributed by atoms with van der Waals surface area (Å²) in [5.74, 6) is 0.313. The van der Waals surface area contributed by atoms with Crippen LogP contribution in [0.2, 0.25) is 0 Å². The van der Waals surface area contributed by atoms with Gasteiger partial charge in [0, 0.05) is 13.2 Å².